The van der Waals surface area contributed by atoms with Crippen molar-refractivity contribution in [1.82, 2.24) is 20.1 Å². The SMILES string of the molecule is COC(=O)Cc1ccc(CC2CCN(C(=O)CCc3n[nH]c(=O)[nH]3)C2)cc1. The number of esters is 1. The van der Waals surface area contributed by atoms with Crippen LogP contribution in [0.1, 0.15) is 29.8 Å². The minimum absolute atomic E-state index is 0.0924. The van der Waals surface area contributed by atoms with Crippen LogP contribution < -0.4 is 5.69 Å². The molecule has 1 unspecified atom stereocenters. The lowest BCUT2D eigenvalue weighted by Crippen LogP contribution is -2.29. The van der Waals surface area contributed by atoms with Crippen LogP contribution in [0.3, 0.4) is 0 Å². The number of amides is 1. The minimum Gasteiger partial charge on any atom is -0.469 e. The number of carbonyl (C=O) groups is 2. The number of nitrogens with one attached hydrogen (secondary N) is 2. The highest BCUT2D eigenvalue weighted by Gasteiger charge is 2.26. The van der Waals surface area contributed by atoms with E-state index in [2.05, 4.69) is 19.9 Å². The maximum absolute atomic E-state index is 12.4. The van der Waals surface area contributed by atoms with Crippen LogP contribution in [0.15, 0.2) is 29.1 Å². The summed E-state index contributed by atoms with van der Waals surface area (Å²) in [7, 11) is 1.39. The lowest BCUT2D eigenvalue weighted by Gasteiger charge is -2.16. The summed E-state index contributed by atoms with van der Waals surface area (Å²) in [5.74, 6) is 0.795. The summed E-state index contributed by atoms with van der Waals surface area (Å²) in [6.07, 6.45) is 2.95. The van der Waals surface area contributed by atoms with E-state index >= 15 is 0 Å². The van der Waals surface area contributed by atoms with E-state index in [4.69, 9.17) is 0 Å². The average Bonchev–Trinajstić information content (AvgIpc) is 3.30. The van der Waals surface area contributed by atoms with Gasteiger partial charge in [0.1, 0.15) is 5.82 Å². The summed E-state index contributed by atoms with van der Waals surface area (Å²) in [6.45, 7) is 1.51. The molecule has 27 heavy (non-hydrogen) atoms. The van der Waals surface area contributed by atoms with Gasteiger partial charge in [-0.1, -0.05) is 24.3 Å². The summed E-state index contributed by atoms with van der Waals surface area (Å²) in [6, 6.07) is 7.98. The summed E-state index contributed by atoms with van der Waals surface area (Å²) in [5.41, 5.74) is 1.79. The molecule has 0 spiro atoms. The van der Waals surface area contributed by atoms with Crippen molar-refractivity contribution < 1.29 is 14.3 Å². The first-order valence-electron chi connectivity index (χ1n) is 9.09. The van der Waals surface area contributed by atoms with E-state index in [1.54, 1.807) is 0 Å². The van der Waals surface area contributed by atoms with Gasteiger partial charge in [0, 0.05) is 25.9 Å². The molecule has 1 aliphatic heterocycles. The zero-order chi connectivity index (χ0) is 19.2. The quantitative estimate of drug-likeness (QED) is 0.700. The molecule has 0 radical (unpaired) electrons. The Morgan fingerprint density at radius 3 is 2.67 bits per heavy atom. The molecule has 2 N–H and O–H groups in total. The molecule has 1 atom stereocenters. The number of aromatic nitrogens is 3. The van der Waals surface area contributed by atoms with Crippen molar-refractivity contribution in [3.05, 3.63) is 51.7 Å². The number of methoxy groups -OCH3 is 1. The van der Waals surface area contributed by atoms with E-state index in [0.29, 0.717) is 24.6 Å². The predicted octanol–water partition coefficient (Wildman–Crippen LogP) is 0.837. The van der Waals surface area contributed by atoms with Crippen LogP contribution in [0.5, 0.6) is 0 Å². The largest absolute Gasteiger partial charge is 0.469 e. The molecule has 1 saturated heterocycles. The summed E-state index contributed by atoms with van der Waals surface area (Å²) in [4.78, 5) is 39.1. The van der Waals surface area contributed by atoms with Gasteiger partial charge in [0.05, 0.1) is 13.5 Å². The number of carbonyl (C=O) groups excluding carboxylic acids is 2. The first-order valence-corrected chi connectivity index (χ1v) is 9.09. The summed E-state index contributed by atoms with van der Waals surface area (Å²) in [5, 5.41) is 6.12. The van der Waals surface area contributed by atoms with Gasteiger partial charge in [0.2, 0.25) is 5.91 Å². The highest BCUT2D eigenvalue weighted by Crippen LogP contribution is 2.22. The predicted molar refractivity (Wildman–Crippen MR) is 98.1 cm³/mol. The Morgan fingerprint density at radius 1 is 1.26 bits per heavy atom. The molecule has 2 heterocycles. The molecule has 2 aromatic rings. The molecule has 1 aromatic heterocycles. The van der Waals surface area contributed by atoms with E-state index in [1.165, 1.54) is 12.7 Å². The lowest BCUT2D eigenvalue weighted by molar-refractivity contribution is -0.139. The number of hydrogen-bond acceptors (Lipinski definition) is 5. The van der Waals surface area contributed by atoms with Crippen LogP contribution in [0, 0.1) is 5.92 Å². The van der Waals surface area contributed by atoms with Gasteiger partial charge in [0.25, 0.3) is 0 Å². The van der Waals surface area contributed by atoms with Crippen LogP contribution >= 0.6 is 0 Å². The molecule has 0 saturated carbocycles. The van der Waals surface area contributed by atoms with Crippen molar-refractivity contribution in [2.24, 2.45) is 5.92 Å². The van der Waals surface area contributed by atoms with Gasteiger partial charge in [0.15, 0.2) is 0 Å². The van der Waals surface area contributed by atoms with Crippen LogP contribution in [0.4, 0.5) is 0 Å². The molecule has 0 bridgehead atoms. The number of H-pyrrole nitrogens is 2. The fourth-order valence-corrected chi connectivity index (χ4v) is 3.40. The number of likely N-dealkylation sites (tertiary alicyclic amines) is 1. The fraction of sp³-hybridized carbons (Fsp3) is 0.474. The third-order valence-electron chi connectivity index (χ3n) is 4.89. The smallest absolute Gasteiger partial charge is 0.340 e. The molecule has 1 aromatic carbocycles. The number of nitrogens with zero attached hydrogens (tertiary/aromatic N) is 2. The third kappa shape index (κ3) is 5.29. The van der Waals surface area contributed by atoms with Gasteiger partial charge in [-0.2, -0.15) is 5.10 Å². The minimum atomic E-state index is -0.351. The first-order chi connectivity index (χ1) is 13.0. The molecule has 8 nitrogen and oxygen atoms in total. The number of ether oxygens (including phenoxy) is 1. The zero-order valence-corrected chi connectivity index (χ0v) is 15.4. The Kier molecular flexibility index (Phi) is 6.05. The van der Waals surface area contributed by atoms with Crippen LogP contribution in [0.25, 0.3) is 0 Å². The van der Waals surface area contributed by atoms with Crippen LogP contribution in [-0.4, -0.2) is 52.2 Å². The summed E-state index contributed by atoms with van der Waals surface area (Å²) >= 11 is 0. The third-order valence-corrected chi connectivity index (χ3v) is 4.89. The van der Waals surface area contributed by atoms with Gasteiger partial charge >= 0.3 is 11.7 Å². The first kappa shape index (κ1) is 18.9. The van der Waals surface area contributed by atoms with E-state index in [0.717, 1.165) is 31.5 Å². The zero-order valence-electron chi connectivity index (χ0n) is 15.4. The molecular weight excluding hydrogens is 348 g/mol. The van der Waals surface area contributed by atoms with Crippen molar-refractivity contribution in [2.75, 3.05) is 20.2 Å². The molecule has 1 fully saturated rings. The Bertz CT molecular complexity index is 840. The Balaban J connectivity index is 1.45. The second-order valence-electron chi connectivity index (χ2n) is 6.89. The van der Waals surface area contributed by atoms with E-state index in [-0.39, 0.29) is 24.0 Å². The normalized spacial score (nSPS) is 16.5. The summed E-state index contributed by atoms with van der Waals surface area (Å²) < 4.78 is 4.68. The maximum atomic E-state index is 12.4. The monoisotopic (exact) mass is 372 g/mol. The van der Waals surface area contributed by atoms with Crippen LogP contribution in [0.2, 0.25) is 0 Å². The van der Waals surface area contributed by atoms with E-state index in [9.17, 15) is 14.4 Å². The Labute approximate surface area is 156 Å². The standard InChI is InChI=1S/C19H24N4O4/c1-27-18(25)11-14-4-2-13(3-5-14)10-15-8-9-23(12-15)17(24)7-6-16-20-19(26)22-21-16/h2-5,15H,6-12H2,1H3,(H2,20,21,22,26). The number of hydrogen-bond donors (Lipinski definition) is 2. The van der Waals surface area contributed by atoms with Crippen molar-refractivity contribution in [3.63, 3.8) is 0 Å². The second-order valence-corrected chi connectivity index (χ2v) is 6.89. The topological polar surface area (TPSA) is 108 Å². The number of benzene rings is 1. The molecule has 0 aliphatic carbocycles. The van der Waals surface area contributed by atoms with Crippen molar-refractivity contribution >= 4 is 11.9 Å². The van der Waals surface area contributed by atoms with Gasteiger partial charge in [-0.05, 0) is 29.9 Å². The lowest BCUT2D eigenvalue weighted by atomic mass is 9.97. The number of aryl methyl sites for hydroxylation is 1. The van der Waals surface area contributed by atoms with Crippen molar-refractivity contribution in [3.8, 4) is 0 Å². The molecule has 1 aliphatic rings. The van der Waals surface area contributed by atoms with Gasteiger partial charge in [-0.25, -0.2) is 9.89 Å². The number of rotatable bonds is 7. The van der Waals surface area contributed by atoms with Crippen molar-refractivity contribution in [1.29, 1.82) is 0 Å². The van der Waals surface area contributed by atoms with Gasteiger partial charge in [-0.15, -0.1) is 0 Å². The van der Waals surface area contributed by atoms with Crippen LogP contribution in [-0.2, 0) is 33.6 Å². The van der Waals surface area contributed by atoms with E-state index < -0.39 is 0 Å². The van der Waals surface area contributed by atoms with Gasteiger partial charge in [-0.3, -0.25) is 14.6 Å². The molecule has 8 heteroatoms. The highest BCUT2D eigenvalue weighted by atomic mass is 16.5. The molecule has 144 valence electrons. The second kappa shape index (κ2) is 8.66. The highest BCUT2D eigenvalue weighted by molar-refractivity contribution is 5.76. The number of aromatic amines is 2. The Morgan fingerprint density at radius 2 is 2.00 bits per heavy atom. The fourth-order valence-electron chi connectivity index (χ4n) is 3.40. The molecule has 1 amide bonds. The van der Waals surface area contributed by atoms with Crippen molar-refractivity contribution in [2.45, 2.75) is 32.1 Å². The maximum Gasteiger partial charge on any atom is 0.340 e. The molecular formula is C19H24N4O4. The average molecular weight is 372 g/mol. The van der Waals surface area contributed by atoms with Gasteiger partial charge < -0.3 is 9.64 Å². The Hall–Kier alpha value is -2.90. The molecule has 3 rings (SSSR count). The van der Waals surface area contributed by atoms with E-state index in [1.807, 2.05) is 29.2 Å².